The van der Waals surface area contributed by atoms with E-state index < -0.39 is 0 Å². The molecule has 0 amide bonds. The first-order valence-corrected chi connectivity index (χ1v) is 8.24. The van der Waals surface area contributed by atoms with Crippen molar-refractivity contribution >= 4 is 0 Å². The fraction of sp³-hybridized carbons (Fsp3) is 0.667. The zero-order chi connectivity index (χ0) is 13.8. The molecule has 20 heavy (non-hydrogen) atoms. The molecule has 2 nitrogen and oxygen atoms in total. The van der Waals surface area contributed by atoms with Crippen LogP contribution in [0, 0.1) is 5.41 Å². The summed E-state index contributed by atoms with van der Waals surface area (Å²) in [4.78, 5) is 2.65. The first-order valence-electron chi connectivity index (χ1n) is 8.24. The molecule has 2 unspecified atom stereocenters. The van der Waals surface area contributed by atoms with Crippen LogP contribution in [0.5, 0.6) is 5.75 Å². The molecular formula is C18H25NO. The highest BCUT2D eigenvalue weighted by molar-refractivity contribution is 5.46. The van der Waals surface area contributed by atoms with E-state index in [4.69, 9.17) is 0 Å². The summed E-state index contributed by atoms with van der Waals surface area (Å²) in [7, 11) is 0. The van der Waals surface area contributed by atoms with E-state index in [-0.39, 0.29) is 0 Å². The molecule has 1 aliphatic heterocycles. The van der Waals surface area contributed by atoms with Gasteiger partial charge in [-0.3, -0.25) is 0 Å². The van der Waals surface area contributed by atoms with Crippen molar-refractivity contribution in [3.05, 3.63) is 29.3 Å². The number of hydrogen-bond donors (Lipinski definition) is 1. The van der Waals surface area contributed by atoms with E-state index >= 15 is 0 Å². The number of phenolic OH excluding ortho intramolecular Hbond substituents is 1. The van der Waals surface area contributed by atoms with E-state index in [0.29, 0.717) is 16.6 Å². The second-order valence-electron chi connectivity index (χ2n) is 7.18. The molecule has 2 heteroatoms. The van der Waals surface area contributed by atoms with E-state index in [9.17, 15) is 5.11 Å². The maximum absolute atomic E-state index is 9.98. The van der Waals surface area contributed by atoms with Gasteiger partial charge in [0.2, 0.25) is 0 Å². The maximum atomic E-state index is 9.98. The molecule has 0 bridgehead atoms. The van der Waals surface area contributed by atoms with Gasteiger partial charge in [-0.25, -0.2) is 0 Å². The Morgan fingerprint density at radius 1 is 1.20 bits per heavy atom. The predicted octanol–water partition coefficient (Wildman–Crippen LogP) is 3.47. The van der Waals surface area contributed by atoms with E-state index in [0.717, 1.165) is 0 Å². The van der Waals surface area contributed by atoms with Gasteiger partial charge in [-0.15, -0.1) is 0 Å². The summed E-state index contributed by atoms with van der Waals surface area (Å²) in [6, 6.07) is 6.14. The predicted molar refractivity (Wildman–Crippen MR) is 81.1 cm³/mol. The number of rotatable bonds is 1. The highest BCUT2D eigenvalue weighted by atomic mass is 16.3. The maximum Gasteiger partial charge on any atom is 0.115 e. The fourth-order valence-corrected chi connectivity index (χ4v) is 5.58. The molecule has 1 heterocycles. The highest BCUT2D eigenvalue weighted by Crippen LogP contribution is 2.63. The van der Waals surface area contributed by atoms with Crippen LogP contribution in [-0.4, -0.2) is 29.6 Å². The molecule has 4 rings (SSSR count). The summed E-state index contributed by atoms with van der Waals surface area (Å²) >= 11 is 0. The van der Waals surface area contributed by atoms with Gasteiger partial charge in [0.25, 0.3) is 0 Å². The first kappa shape index (κ1) is 12.7. The van der Waals surface area contributed by atoms with Crippen LogP contribution >= 0.6 is 0 Å². The van der Waals surface area contributed by atoms with Gasteiger partial charge >= 0.3 is 0 Å². The summed E-state index contributed by atoms with van der Waals surface area (Å²) < 4.78 is 0. The van der Waals surface area contributed by atoms with Crippen LogP contribution in [0.4, 0.5) is 0 Å². The zero-order valence-corrected chi connectivity index (χ0v) is 12.5. The normalized spacial score (nSPS) is 36.2. The average molecular weight is 271 g/mol. The molecule has 0 aromatic heterocycles. The Morgan fingerprint density at radius 3 is 2.95 bits per heavy atom. The van der Waals surface area contributed by atoms with E-state index in [1.807, 2.05) is 6.07 Å². The van der Waals surface area contributed by atoms with Crippen LogP contribution in [-0.2, 0) is 11.8 Å². The molecule has 1 aromatic rings. The number of likely N-dealkylation sites (tertiary alicyclic amines) is 1. The molecule has 1 N–H and O–H groups in total. The van der Waals surface area contributed by atoms with Gasteiger partial charge < -0.3 is 10.0 Å². The lowest BCUT2D eigenvalue weighted by molar-refractivity contribution is 0.00938. The van der Waals surface area contributed by atoms with E-state index in [1.54, 1.807) is 0 Å². The highest BCUT2D eigenvalue weighted by Gasteiger charge is 2.59. The lowest BCUT2D eigenvalue weighted by atomic mass is 9.52. The molecule has 3 aliphatic rings. The van der Waals surface area contributed by atoms with Gasteiger partial charge in [0.15, 0.2) is 0 Å². The van der Waals surface area contributed by atoms with Crippen LogP contribution < -0.4 is 0 Å². The van der Waals surface area contributed by atoms with Crippen molar-refractivity contribution in [2.45, 2.75) is 50.9 Å². The third-order valence-corrected chi connectivity index (χ3v) is 6.58. The van der Waals surface area contributed by atoms with Crippen LogP contribution in [0.3, 0.4) is 0 Å². The Labute approximate surface area is 121 Å². The SMILES string of the molecule is CCN1CCC23CCCC2(CCc2ccc(O)cc23)C1. The lowest BCUT2D eigenvalue weighted by Crippen LogP contribution is -2.57. The Bertz CT molecular complexity index is 540. The largest absolute Gasteiger partial charge is 0.508 e. The Hall–Kier alpha value is -1.02. The second kappa shape index (κ2) is 4.24. The monoisotopic (exact) mass is 271 g/mol. The molecule has 1 aromatic carbocycles. The van der Waals surface area contributed by atoms with Crippen LogP contribution in [0.1, 0.15) is 50.2 Å². The molecule has 2 aliphatic carbocycles. The smallest absolute Gasteiger partial charge is 0.115 e. The van der Waals surface area contributed by atoms with Crippen molar-refractivity contribution in [1.82, 2.24) is 4.90 Å². The lowest BCUT2D eigenvalue weighted by Gasteiger charge is -2.56. The number of piperidine rings is 1. The molecule has 0 radical (unpaired) electrons. The van der Waals surface area contributed by atoms with E-state index in [1.165, 1.54) is 69.3 Å². The van der Waals surface area contributed by atoms with Crippen LogP contribution in [0.15, 0.2) is 18.2 Å². The Balaban J connectivity index is 1.85. The van der Waals surface area contributed by atoms with Gasteiger partial charge in [0.05, 0.1) is 0 Å². The number of fused-ring (bicyclic) bond motifs is 1. The van der Waals surface area contributed by atoms with Crippen molar-refractivity contribution in [1.29, 1.82) is 0 Å². The molecule has 2 fully saturated rings. The summed E-state index contributed by atoms with van der Waals surface area (Å²) in [5.41, 5.74) is 3.86. The minimum atomic E-state index is 0.366. The fourth-order valence-electron chi connectivity index (χ4n) is 5.58. The Kier molecular flexibility index (Phi) is 2.69. The summed E-state index contributed by atoms with van der Waals surface area (Å²) in [6.07, 6.45) is 7.93. The van der Waals surface area contributed by atoms with Crippen molar-refractivity contribution < 1.29 is 5.11 Å². The number of aryl methyl sites for hydroxylation is 1. The molecule has 108 valence electrons. The van der Waals surface area contributed by atoms with Gasteiger partial charge in [-0.05, 0) is 73.9 Å². The standard InChI is InChI=1S/C18H25NO/c1-2-19-11-10-18-8-3-7-17(18,13-19)9-6-14-4-5-15(20)12-16(14)18/h4-5,12,20H,2-3,6-11,13H2,1H3. The van der Waals surface area contributed by atoms with Crippen molar-refractivity contribution in [3.63, 3.8) is 0 Å². The van der Waals surface area contributed by atoms with Crippen molar-refractivity contribution in [3.8, 4) is 5.75 Å². The van der Waals surface area contributed by atoms with Crippen molar-refractivity contribution in [2.75, 3.05) is 19.6 Å². The Morgan fingerprint density at radius 2 is 2.10 bits per heavy atom. The third-order valence-electron chi connectivity index (χ3n) is 6.58. The third kappa shape index (κ3) is 1.49. The van der Waals surface area contributed by atoms with Gasteiger partial charge in [-0.1, -0.05) is 19.4 Å². The molecule has 0 spiro atoms. The van der Waals surface area contributed by atoms with E-state index in [2.05, 4.69) is 24.0 Å². The quantitative estimate of drug-likeness (QED) is 0.845. The van der Waals surface area contributed by atoms with Crippen molar-refractivity contribution in [2.24, 2.45) is 5.41 Å². The van der Waals surface area contributed by atoms with Crippen LogP contribution in [0.2, 0.25) is 0 Å². The van der Waals surface area contributed by atoms with Gasteiger partial charge in [0.1, 0.15) is 5.75 Å². The van der Waals surface area contributed by atoms with Crippen LogP contribution in [0.25, 0.3) is 0 Å². The molecule has 1 saturated carbocycles. The molecular weight excluding hydrogens is 246 g/mol. The first-order chi connectivity index (χ1) is 9.69. The molecule has 1 saturated heterocycles. The number of aromatic hydroxyl groups is 1. The number of hydrogen-bond acceptors (Lipinski definition) is 2. The summed E-state index contributed by atoms with van der Waals surface area (Å²) in [6.45, 7) is 5.98. The average Bonchev–Trinajstić information content (AvgIpc) is 2.86. The topological polar surface area (TPSA) is 23.5 Å². The minimum absolute atomic E-state index is 0.366. The number of nitrogens with zero attached hydrogens (tertiary/aromatic N) is 1. The number of phenols is 1. The second-order valence-corrected chi connectivity index (χ2v) is 7.18. The van der Waals surface area contributed by atoms with Gasteiger partial charge in [0, 0.05) is 12.0 Å². The summed E-state index contributed by atoms with van der Waals surface area (Å²) in [5.74, 6) is 0.457. The minimum Gasteiger partial charge on any atom is -0.508 e. The number of benzene rings is 1. The van der Waals surface area contributed by atoms with Gasteiger partial charge in [-0.2, -0.15) is 0 Å². The summed E-state index contributed by atoms with van der Waals surface area (Å²) in [5, 5.41) is 9.98. The zero-order valence-electron chi connectivity index (χ0n) is 12.5. The molecule has 2 atom stereocenters.